The third-order valence-corrected chi connectivity index (χ3v) is 9.56. The Kier molecular flexibility index (Phi) is 26.4. The van der Waals surface area contributed by atoms with Gasteiger partial charge in [-0.25, -0.2) is 0 Å². The van der Waals surface area contributed by atoms with E-state index in [2.05, 4.69) is 25.9 Å². The number of rotatable bonds is 24. The first-order valence-electron chi connectivity index (χ1n) is 13.3. The third-order valence-electron chi connectivity index (χ3n) is 6.73. The first-order valence-corrected chi connectivity index (χ1v) is 15.3. The molecule has 0 aliphatic heterocycles. The Hall–Kier alpha value is 0.347. The number of hydrogen-bond donors (Lipinski definition) is 0. The van der Waals surface area contributed by atoms with Crippen LogP contribution in [0.5, 0.6) is 0 Å². The van der Waals surface area contributed by atoms with Crippen molar-refractivity contribution in [3.8, 4) is 0 Å². The molecular weight excluding hydrogens is 438 g/mol. The van der Waals surface area contributed by atoms with Crippen molar-refractivity contribution in [1.29, 1.82) is 0 Å². The third kappa shape index (κ3) is 19.8. The fourth-order valence-corrected chi connectivity index (χ4v) is 6.24. The molecule has 0 saturated carbocycles. The molecule has 0 N–H and O–H groups in total. The Morgan fingerprint density at radius 1 is 0.594 bits per heavy atom. The molecule has 0 rings (SSSR count). The summed E-state index contributed by atoms with van der Waals surface area (Å²) in [6.45, 7) is 3.48. The molecule has 32 heavy (non-hydrogen) atoms. The molecule has 0 aromatic carbocycles. The molecule has 1 atom stereocenters. The molecule has 0 heterocycles. The van der Waals surface area contributed by atoms with E-state index in [0.29, 0.717) is 0 Å². The minimum atomic E-state index is -2.41. The highest BCUT2D eigenvalue weighted by atomic mass is 35.5. The van der Waals surface area contributed by atoms with Crippen LogP contribution in [-0.2, 0) is 13.3 Å². The zero-order valence-corrected chi connectivity index (χ0v) is 24.4. The summed E-state index contributed by atoms with van der Waals surface area (Å²) < 4.78 is 16.8. The molecule has 0 aliphatic rings. The number of halogens is 1. The summed E-state index contributed by atoms with van der Waals surface area (Å²) in [6, 6.07) is 0.924. The molecule has 0 bridgehead atoms. The van der Waals surface area contributed by atoms with E-state index in [1.807, 2.05) is 0 Å². The Balaban J connectivity index is 0. The van der Waals surface area contributed by atoms with E-state index in [9.17, 15) is 0 Å². The number of nitrogens with zero attached hydrogens (tertiary/aromatic N) is 1. The molecular formula is C26H58ClNO3Si. The van der Waals surface area contributed by atoms with Crippen molar-refractivity contribution in [2.24, 2.45) is 5.92 Å². The smallest absolute Gasteiger partial charge is 0.377 e. The average molecular weight is 496 g/mol. The van der Waals surface area contributed by atoms with Crippen LogP contribution in [0.25, 0.3) is 0 Å². The van der Waals surface area contributed by atoms with E-state index in [4.69, 9.17) is 13.3 Å². The highest BCUT2D eigenvalue weighted by molar-refractivity contribution is 6.60. The fourth-order valence-electron chi connectivity index (χ4n) is 4.49. The van der Waals surface area contributed by atoms with Gasteiger partial charge in [-0.2, -0.15) is 0 Å². The van der Waals surface area contributed by atoms with Gasteiger partial charge in [0.25, 0.3) is 0 Å². The molecule has 4 nitrogen and oxygen atoms in total. The van der Waals surface area contributed by atoms with Gasteiger partial charge in [0.2, 0.25) is 0 Å². The van der Waals surface area contributed by atoms with Crippen LogP contribution >= 0.6 is 12.4 Å². The number of hydrogen-bond acceptors (Lipinski definition) is 4. The standard InChI is InChI=1S/C26H57NO3Si.ClH/c1-7-8-9-10-11-12-13-14-15-16-17-18-19-21-26(23-24-27(2)3)22-20-25-31(28-4,29-5)30-6;/h26H,7-25H2,1-6H3;1H. The Bertz CT molecular complexity index is 363. The largest absolute Gasteiger partial charge is 0.500 e. The van der Waals surface area contributed by atoms with Crippen LogP contribution in [0.15, 0.2) is 0 Å². The predicted octanol–water partition coefficient (Wildman–Crippen LogP) is 8.12. The van der Waals surface area contributed by atoms with Crippen molar-refractivity contribution in [2.75, 3.05) is 42.0 Å². The lowest BCUT2D eigenvalue weighted by Crippen LogP contribution is -2.42. The van der Waals surface area contributed by atoms with Gasteiger partial charge in [0.15, 0.2) is 0 Å². The second-order valence-electron chi connectivity index (χ2n) is 9.68. The van der Waals surface area contributed by atoms with Crippen LogP contribution in [0.4, 0.5) is 0 Å². The van der Waals surface area contributed by atoms with Crippen molar-refractivity contribution in [2.45, 2.75) is 122 Å². The second kappa shape index (κ2) is 24.5. The summed E-state index contributed by atoms with van der Waals surface area (Å²) in [4.78, 5) is 2.31. The van der Waals surface area contributed by atoms with Crippen LogP contribution in [0.2, 0.25) is 6.04 Å². The van der Waals surface area contributed by atoms with Gasteiger partial charge in [0.05, 0.1) is 0 Å². The van der Waals surface area contributed by atoms with Crippen molar-refractivity contribution in [3.05, 3.63) is 0 Å². The lowest BCUT2D eigenvalue weighted by atomic mass is 9.92. The van der Waals surface area contributed by atoms with E-state index in [0.717, 1.165) is 18.4 Å². The zero-order valence-electron chi connectivity index (χ0n) is 22.6. The Morgan fingerprint density at radius 2 is 1.00 bits per heavy atom. The summed E-state index contributed by atoms with van der Waals surface area (Å²) in [5.74, 6) is 0.812. The van der Waals surface area contributed by atoms with Gasteiger partial charge in [0.1, 0.15) is 0 Å². The SMILES string of the molecule is CCCCCCCCCCCCCCCC(CCC[Si](OC)(OC)OC)CCN(C)C.Cl. The van der Waals surface area contributed by atoms with Gasteiger partial charge < -0.3 is 18.2 Å². The van der Waals surface area contributed by atoms with Gasteiger partial charge in [-0.1, -0.05) is 103 Å². The molecule has 0 radical (unpaired) electrons. The molecule has 0 fully saturated rings. The highest BCUT2D eigenvalue weighted by Crippen LogP contribution is 2.25. The van der Waals surface area contributed by atoms with Crippen molar-refractivity contribution in [1.82, 2.24) is 4.90 Å². The minimum absolute atomic E-state index is 0. The maximum Gasteiger partial charge on any atom is 0.500 e. The normalized spacial score (nSPS) is 12.8. The molecule has 196 valence electrons. The summed E-state index contributed by atoms with van der Waals surface area (Å²) in [6.07, 6.45) is 23.6. The van der Waals surface area contributed by atoms with Gasteiger partial charge >= 0.3 is 8.80 Å². The van der Waals surface area contributed by atoms with E-state index < -0.39 is 8.80 Å². The van der Waals surface area contributed by atoms with Crippen LogP contribution in [-0.4, -0.2) is 55.7 Å². The molecule has 6 heteroatoms. The Labute approximate surface area is 209 Å². The van der Waals surface area contributed by atoms with Crippen LogP contribution in [0.3, 0.4) is 0 Å². The van der Waals surface area contributed by atoms with Crippen LogP contribution < -0.4 is 0 Å². The van der Waals surface area contributed by atoms with Crippen LogP contribution in [0.1, 0.15) is 116 Å². The van der Waals surface area contributed by atoms with Crippen molar-refractivity contribution < 1.29 is 13.3 Å². The van der Waals surface area contributed by atoms with Crippen molar-refractivity contribution >= 4 is 21.2 Å². The molecule has 0 saturated heterocycles. The average Bonchev–Trinajstić information content (AvgIpc) is 2.77. The van der Waals surface area contributed by atoms with Gasteiger partial charge in [0, 0.05) is 27.4 Å². The van der Waals surface area contributed by atoms with E-state index in [-0.39, 0.29) is 12.4 Å². The zero-order chi connectivity index (χ0) is 23.2. The lowest BCUT2D eigenvalue weighted by Gasteiger charge is -2.25. The van der Waals surface area contributed by atoms with E-state index in [1.54, 1.807) is 21.3 Å². The van der Waals surface area contributed by atoms with Gasteiger partial charge in [-0.15, -0.1) is 12.4 Å². The van der Waals surface area contributed by atoms with Gasteiger partial charge in [-0.05, 0) is 39.4 Å². The molecule has 1 unspecified atom stereocenters. The summed E-state index contributed by atoms with van der Waals surface area (Å²) >= 11 is 0. The maximum atomic E-state index is 5.58. The first kappa shape index (κ1) is 34.5. The second-order valence-corrected chi connectivity index (χ2v) is 12.8. The monoisotopic (exact) mass is 495 g/mol. The summed E-state index contributed by atoms with van der Waals surface area (Å²) in [5, 5.41) is 0. The van der Waals surface area contributed by atoms with Crippen LogP contribution in [0, 0.1) is 5.92 Å². The molecule has 0 aromatic rings. The Morgan fingerprint density at radius 3 is 1.41 bits per heavy atom. The minimum Gasteiger partial charge on any atom is -0.377 e. The number of unbranched alkanes of at least 4 members (excludes halogenated alkanes) is 12. The molecule has 0 amide bonds. The fraction of sp³-hybridized carbons (Fsp3) is 1.00. The van der Waals surface area contributed by atoms with E-state index in [1.165, 1.54) is 109 Å². The summed E-state index contributed by atoms with van der Waals surface area (Å²) in [5.41, 5.74) is 0. The predicted molar refractivity (Wildman–Crippen MR) is 145 cm³/mol. The lowest BCUT2D eigenvalue weighted by molar-refractivity contribution is 0.122. The first-order chi connectivity index (χ1) is 15.0. The maximum absolute atomic E-state index is 5.58. The van der Waals surface area contributed by atoms with Gasteiger partial charge in [-0.3, -0.25) is 0 Å². The molecule has 0 spiro atoms. The highest BCUT2D eigenvalue weighted by Gasteiger charge is 2.37. The molecule has 0 aliphatic carbocycles. The quantitative estimate of drug-likeness (QED) is 0.0998. The van der Waals surface area contributed by atoms with Crippen molar-refractivity contribution in [3.63, 3.8) is 0 Å². The summed E-state index contributed by atoms with van der Waals surface area (Å²) in [7, 11) is 7.11. The topological polar surface area (TPSA) is 30.9 Å². The molecule has 0 aromatic heterocycles. The van der Waals surface area contributed by atoms with E-state index >= 15 is 0 Å².